The Morgan fingerprint density at radius 1 is 1.53 bits per heavy atom. The molecule has 1 aromatic rings. The number of hydrogen-bond donors (Lipinski definition) is 3. The standard InChI is InChI=1S/C11H12BrFN2O4/c1-19-8(10(16)17)5-14-11(18)15-9-6(12)3-2-4-7(9)13/h2-4,8H,5H2,1H3,(H,16,17)(H2,14,15,18). The minimum Gasteiger partial charge on any atom is -0.479 e. The van der Waals surface area contributed by atoms with Crippen LogP contribution in [-0.2, 0) is 9.53 Å². The van der Waals surface area contributed by atoms with Gasteiger partial charge in [-0.05, 0) is 28.1 Å². The lowest BCUT2D eigenvalue weighted by molar-refractivity contribution is -0.147. The van der Waals surface area contributed by atoms with Crippen molar-refractivity contribution < 1.29 is 23.8 Å². The van der Waals surface area contributed by atoms with Crippen molar-refractivity contribution in [3.05, 3.63) is 28.5 Å². The summed E-state index contributed by atoms with van der Waals surface area (Å²) in [6.07, 6.45) is -1.16. The number of carbonyl (C=O) groups excluding carboxylic acids is 1. The van der Waals surface area contributed by atoms with E-state index in [9.17, 15) is 14.0 Å². The first-order chi connectivity index (χ1) is 8.95. The van der Waals surface area contributed by atoms with Gasteiger partial charge in [-0.1, -0.05) is 6.07 Å². The van der Waals surface area contributed by atoms with E-state index in [0.717, 1.165) is 0 Å². The summed E-state index contributed by atoms with van der Waals surface area (Å²) < 4.78 is 18.4. The molecule has 1 atom stereocenters. The molecule has 2 amide bonds. The first-order valence-corrected chi connectivity index (χ1v) is 5.99. The fourth-order valence-corrected chi connectivity index (χ4v) is 1.67. The molecule has 0 saturated carbocycles. The highest BCUT2D eigenvalue weighted by atomic mass is 79.9. The second kappa shape index (κ2) is 7.05. The van der Waals surface area contributed by atoms with E-state index in [2.05, 4.69) is 31.3 Å². The van der Waals surface area contributed by atoms with Crippen LogP contribution in [0.3, 0.4) is 0 Å². The third-order valence-electron chi connectivity index (χ3n) is 2.21. The SMILES string of the molecule is COC(CNC(=O)Nc1c(F)cccc1Br)C(=O)O. The minimum absolute atomic E-state index is 0.0238. The molecule has 0 aliphatic heterocycles. The van der Waals surface area contributed by atoms with E-state index < -0.39 is 23.9 Å². The van der Waals surface area contributed by atoms with Crippen molar-refractivity contribution in [1.29, 1.82) is 0 Å². The zero-order valence-corrected chi connectivity index (χ0v) is 11.5. The largest absolute Gasteiger partial charge is 0.479 e. The third kappa shape index (κ3) is 4.49. The molecule has 3 N–H and O–H groups in total. The number of anilines is 1. The van der Waals surface area contributed by atoms with Crippen LogP contribution in [0.5, 0.6) is 0 Å². The smallest absolute Gasteiger partial charge is 0.334 e. The van der Waals surface area contributed by atoms with Crippen LogP contribution in [0, 0.1) is 5.82 Å². The number of aliphatic carboxylic acids is 1. The van der Waals surface area contributed by atoms with Gasteiger partial charge in [-0.3, -0.25) is 0 Å². The Kier molecular flexibility index (Phi) is 5.71. The normalized spacial score (nSPS) is 11.7. The molecule has 1 unspecified atom stereocenters. The third-order valence-corrected chi connectivity index (χ3v) is 2.87. The molecule has 0 saturated heterocycles. The number of carboxylic acids is 1. The van der Waals surface area contributed by atoms with E-state index in [1.165, 1.54) is 19.2 Å². The van der Waals surface area contributed by atoms with Crippen molar-refractivity contribution in [1.82, 2.24) is 5.32 Å². The lowest BCUT2D eigenvalue weighted by atomic mass is 10.3. The zero-order chi connectivity index (χ0) is 14.4. The Morgan fingerprint density at radius 3 is 2.74 bits per heavy atom. The van der Waals surface area contributed by atoms with Crippen LogP contribution in [0.4, 0.5) is 14.9 Å². The number of rotatable bonds is 5. The second-order valence-corrected chi connectivity index (χ2v) is 4.35. The molecule has 0 bridgehead atoms. The van der Waals surface area contributed by atoms with Crippen LogP contribution in [0.1, 0.15) is 0 Å². The molecule has 0 spiro atoms. The van der Waals surface area contributed by atoms with E-state index in [-0.39, 0.29) is 12.2 Å². The lowest BCUT2D eigenvalue weighted by Crippen LogP contribution is -2.39. The molecule has 6 nitrogen and oxygen atoms in total. The number of carboxylic acid groups (broad SMARTS) is 1. The van der Waals surface area contributed by atoms with E-state index in [1.54, 1.807) is 6.07 Å². The molecule has 0 aliphatic carbocycles. The minimum atomic E-state index is -1.20. The molecule has 0 fully saturated rings. The van der Waals surface area contributed by atoms with Gasteiger partial charge in [-0.2, -0.15) is 0 Å². The number of halogens is 2. The van der Waals surface area contributed by atoms with Crippen LogP contribution in [0.2, 0.25) is 0 Å². The predicted octanol–water partition coefficient (Wildman–Crippen LogP) is 1.81. The average Bonchev–Trinajstić information content (AvgIpc) is 2.34. The summed E-state index contributed by atoms with van der Waals surface area (Å²) in [7, 11) is 1.21. The number of carbonyl (C=O) groups is 2. The molecular formula is C11H12BrFN2O4. The number of nitrogens with one attached hydrogen (secondary N) is 2. The molecule has 0 aliphatic rings. The van der Waals surface area contributed by atoms with Gasteiger partial charge in [0.15, 0.2) is 6.10 Å². The zero-order valence-electron chi connectivity index (χ0n) is 9.94. The van der Waals surface area contributed by atoms with Gasteiger partial charge in [0.2, 0.25) is 0 Å². The highest BCUT2D eigenvalue weighted by Gasteiger charge is 2.17. The van der Waals surface area contributed by atoms with Gasteiger partial charge in [0.1, 0.15) is 5.82 Å². The van der Waals surface area contributed by atoms with Crippen LogP contribution < -0.4 is 10.6 Å². The number of para-hydroxylation sites is 1. The van der Waals surface area contributed by atoms with Gasteiger partial charge >= 0.3 is 12.0 Å². The van der Waals surface area contributed by atoms with Crippen LogP contribution in [0.25, 0.3) is 0 Å². The number of benzene rings is 1. The summed E-state index contributed by atoms with van der Waals surface area (Å²) in [5.74, 6) is -1.80. The summed E-state index contributed by atoms with van der Waals surface area (Å²) in [4.78, 5) is 22.1. The highest BCUT2D eigenvalue weighted by molar-refractivity contribution is 9.10. The average molecular weight is 335 g/mol. The Balaban J connectivity index is 2.59. The summed E-state index contributed by atoms with van der Waals surface area (Å²) in [5, 5.41) is 13.3. The van der Waals surface area contributed by atoms with Crippen LogP contribution >= 0.6 is 15.9 Å². The van der Waals surface area contributed by atoms with E-state index in [4.69, 9.17) is 5.11 Å². The highest BCUT2D eigenvalue weighted by Crippen LogP contribution is 2.24. The Hall–Kier alpha value is -1.67. The summed E-state index contributed by atoms with van der Waals surface area (Å²) in [5.41, 5.74) is -0.0238. The molecule has 1 aromatic carbocycles. The molecular weight excluding hydrogens is 323 g/mol. The van der Waals surface area contributed by atoms with Gasteiger partial charge in [-0.15, -0.1) is 0 Å². The van der Waals surface area contributed by atoms with Gasteiger partial charge in [0.25, 0.3) is 0 Å². The van der Waals surface area contributed by atoms with Crippen molar-refractivity contribution in [3.63, 3.8) is 0 Å². The molecule has 8 heteroatoms. The quantitative estimate of drug-likeness (QED) is 0.766. The van der Waals surface area contributed by atoms with Crippen LogP contribution in [-0.4, -0.2) is 36.9 Å². The number of hydrogen-bond acceptors (Lipinski definition) is 3. The maximum atomic E-state index is 13.4. The molecule has 19 heavy (non-hydrogen) atoms. The second-order valence-electron chi connectivity index (χ2n) is 3.49. The van der Waals surface area contributed by atoms with Crippen molar-refractivity contribution in [3.8, 4) is 0 Å². The first-order valence-electron chi connectivity index (χ1n) is 5.20. The summed E-state index contributed by atoms with van der Waals surface area (Å²) in [6, 6.07) is 3.51. The molecule has 104 valence electrons. The number of urea groups is 1. The fourth-order valence-electron chi connectivity index (χ4n) is 1.23. The Labute approximate surface area is 117 Å². The Bertz CT molecular complexity index is 464. The fraction of sp³-hybridized carbons (Fsp3) is 0.273. The first kappa shape index (κ1) is 15.4. The summed E-state index contributed by atoms with van der Waals surface area (Å²) >= 11 is 3.09. The topological polar surface area (TPSA) is 87.7 Å². The molecule has 0 radical (unpaired) electrons. The predicted molar refractivity (Wildman–Crippen MR) is 69.6 cm³/mol. The van der Waals surface area contributed by atoms with Gasteiger partial charge < -0.3 is 20.5 Å². The molecule has 1 rings (SSSR count). The van der Waals surface area contributed by atoms with E-state index >= 15 is 0 Å². The molecule has 0 heterocycles. The van der Waals surface area contributed by atoms with Gasteiger partial charge in [-0.25, -0.2) is 14.0 Å². The maximum Gasteiger partial charge on any atom is 0.334 e. The maximum absolute atomic E-state index is 13.4. The number of methoxy groups -OCH3 is 1. The summed E-state index contributed by atoms with van der Waals surface area (Å²) in [6.45, 7) is -0.232. The van der Waals surface area contributed by atoms with Gasteiger partial charge in [0, 0.05) is 11.6 Å². The van der Waals surface area contributed by atoms with Crippen molar-refractivity contribution in [2.24, 2.45) is 0 Å². The van der Waals surface area contributed by atoms with Crippen molar-refractivity contribution in [2.45, 2.75) is 6.10 Å². The lowest BCUT2D eigenvalue weighted by Gasteiger charge is -2.13. The number of ether oxygens (including phenoxy) is 1. The van der Waals surface area contributed by atoms with Gasteiger partial charge in [0.05, 0.1) is 12.2 Å². The van der Waals surface area contributed by atoms with E-state index in [0.29, 0.717) is 4.47 Å². The van der Waals surface area contributed by atoms with Crippen molar-refractivity contribution >= 4 is 33.6 Å². The molecule has 0 aromatic heterocycles. The van der Waals surface area contributed by atoms with E-state index in [1.807, 2.05) is 0 Å². The van der Waals surface area contributed by atoms with Crippen LogP contribution in [0.15, 0.2) is 22.7 Å². The van der Waals surface area contributed by atoms with Crippen molar-refractivity contribution in [2.75, 3.05) is 19.0 Å². The Morgan fingerprint density at radius 2 is 2.21 bits per heavy atom. The number of amides is 2. The monoisotopic (exact) mass is 334 g/mol.